The standard InChI is InChI=1S/C11H13NO5/c1-14-7-5-6(12)8(11(13)15-2)10-9(7)16-3-4-17-10/h5H,3-4,12H2,1-2H3. The molecule has 17 heavy (non-hydrogen) atoms. The lowest BCUT2D eigenvalue weighted by molar-refractivity contribution is 0.0591. The molecule has 1 aliphatic heterocycles. The van der Waals surface area contributed by atoms with Gasteiger partial charge in [-0.3, -0.25) is 0 Å². The van der Waals surface area contributed by atoms with Crippen molar-refractivity contribution in [3.63, 3.8) is 0 Å². The van der Waals surface area contributed by atoms with Crippen LogP contribution in [-0.4, -0.2) is 33.4 Å². The number of carbonyl (C=O) groups excluding carboxylic acids is 1. The number of fused-ring (bicyclic) bond motifs is 1. The van der Waals surface area contributed by atoms with Crippen molar-refractivity contribution in [1.29, 1.82) is 0 Å². The summed E-state index contributed by atoms with van der Waals surface area (Å²) in [5, 5.41) is 0. The van der Waals surface area contributed by atoms with Crippen molar-refractivity contribution in [2.24, 2.45) is 0 Å². The van der Waals surface area contributed by atoms with E-state index in [2.05, 4.69) is 4.74 Å². The number of nitrogens with two attached hydrogens (primary N) is 1. The van der Waals surface area contributed by atoms with Gasteiger partial charge in [-0.1, -0.05) is 0 Å². The molecule has 92 valence electrons. The monoisotopic (exact) mass is 239 g/mol. The molecule has 1 aromatic rings. The van der Waals surface area contributed by atoms with E-state index in [9.17, 15) is 4.79 Å². The van der Waals surface area contributed by atoms with Crippen molar-refractivity contribution in [3.05, 3.63) is 11.6 Å². The van der Waals surface area contributed by atoms with Gasteiger partial charge in [0, 0.05) is 6.07 Å². The van der Waals surface area contributed by atoms with E-state index < -0.39 is 5.97 Å². The fraction of sp³-hybridized carbons (Fsp3) is 0.364. The third kappa shape index (κ3) is 1.82. The smallest absolute Gasteiger partial charge is 0.343 e. The summed E-state index contributed by atoms with van der Waals surface area (Å²) in [5.74, 6) is 0.532. The van der Waals surface area contributed by atoms with Crippen LogP contribution >= 0.6 is 0 Å². The normalized spacial score (nSPS) is 13.1. The lowest BCUT2D eigenvalue weighted by atomic mass is 10.1. The summed E-state index contributed by atoms with van der Waals surface area (Å²) in [4.78, 5) is 11.6. The topological polar surface area (TPSA) is 80.0 Å². The molecule has 0 fully saturated rings. The maximum absolute atomic E-state index is 11.6. The minimum atomic E-state index is -0.563. The third-order valence-electron chi connectivity index (χ3n) is 2.42. The molecule has 0 aliphatic carbocycles. The summed E-state index contributed by atoms with van der Waals surface area (Å²) < 4.78 is 20.6. The SMILES string of the molecule is COC(=O)c1c(N)cc(OC)c2c1OCCO2. The highest BCUT2D eigenvalue weighted by atomic mass is 16.6. The van der Waals surface area contributed by atoms with Crippen molar-refractivity contribution in [2.45, 2.75) is 0 Å². The predicted octanol–water partition coefficient (Wildman–Crippen LogP) is 0.835. The van der Waals surface area contributed by atoms with Gasteiger partial charge >= 0.3 is 5.97 Å². The molecule has 1 aliphatic rings. The van der Waals surface area contributed by atoms with E-state index in [1.54, 1.807) is 0 Å². The Morgan fingerprint density at radius 3 is 2.53 bits per heavy atom. The molecule has 0 bridgehead atoms. The molecule has 6 nitrogen and oxygen atoms in total. The summed E-state index contributed by atoms with van der Waals surface area (Å²) in [7, 11) is 2.77. The number of carbonyl (C=O) groups is 1. The Hall–Kier alpha value is -2.11. The van der Waals surface area contributed by atoms with E-state index in [0.29, 0.717) is 24.7 Å². The zero-order chi connectivity index (χ0) is 12.4. The number of benzene rings is 1. The molecule has 0 amide bonds. The summed E-state index contributed by atoms with van der Waals surface area (Å²) in [6.45, 7) is 0.748. The van der Waals surface area contributed by atoms with Crippen LogP contribution in [0.3, 0.4) is 0 Å². The third-order valence-corrected chi connectivity index (χ3v) is 2.42. The van der Waals surface area contributed by atoms with Crippen LogP contribution in [0.1, 0.15) is 10.4 Å². The number of rotatable bonds is 2. The fourth-order valence-corrected chi connectivity index (χ4v) is 1.66. The van der Waals surface area contributed by atoms with Crippen molar-refractivity contribution >= 4 is 11.7 Å². The van der Waals surface area contributed by atoms with E-state index in [0.717, 1.165) is 0 Å². The highest BCUT2D eigenvalue weighted by Crippen LogP contribution is 2.45. The minimum absolute atomic E-state index is 0.169. The van der Waals surface area contributed by atoms with Crippen molar-refractivity contribution in [3.8, 4) is 17.2 Å². The molecule has 0 unspecified atom stereocenters. The molecule has 0 aromatic heterocycles. The van der Waals surface area contributed by atoms with Crippen LogP contribution in [0.15, 0.2) is 6.07 Å². The zero-order valence-corrected chi connectivity index (χ0v) is 9.61. The Morgan fingerprint density at radius 1 is 1.29 bits per heavy atom. The number of hydrogen-bond donors (Lipinski definition) is 1. The van der Waals surface area contributed by atoms with Crippen LogP contribution in [0.25, 0.3) is 0 Å². The highest BCUT2D eigenvalue weighted by molar-refractivity contribution is 6.00. The zero-order valence-electron chi connectivity index (χ0n) is 9.61. The number of anilines is 1. The van der Waals surface area contributed by atoms with Gasteiger partial charge in [-0.2, -0.15) is 0 Å². The lowest BCUT2D eigenvalue weighted by Crippen LogP contribution is -2.20. The molecular formula is C11H13NO5. The molecule has 0 radical (unpaired) electrons. The number of ether oxygens (including phenoxy) is 4. The molecule has 2 rings (SSSR count). The summed E-state index contributed by atoms with van der Waals surface area (Å²) >= 11 is 0. The van der Waals surface area contributed by atoms with Gasteiger partial charge in [-0.15, -0.1) is 0 Å². The van der Waals surface area contributed by atoms with Gasteiger partial charge in [0.25, 0.3) is 0 Å². The highest BCUT2D eigenvalue weighted by Gasteiger charge is 2.27. The van der Waals surface area contributed by atoms with Gasteiger partial charge in [0.05, 0.1) is 19.9 Å². The minimum Gasteiger partial charge on any atom is -0.493 e. The van der Waals surface area contributed by atoms with Crippen LogP contribution in [0, 0.1) is 0 Å². The van der Waals surface area contributed by atoms with Gasteiger partial charge < -0.3 is 24.7 Å². The molecule has 2 N–H and O–H groups in total. The van der Waals surface area contributed by atoms with E-state index in [1.165, 1.54) is 20.3 Å². The van der Waals surface area contributed by atoms with Gasteiger partial charge in [0.2, 0.25) is 5.75 Å². The molecule has 0 saturated carbocycles. The average molecular weight is 239 g/mol. The van der Waals surface area contributed by atoms with Crippen molar-refractivity contribution in [1.82, 2.24) is 0 Å². The Kier molecular flexibility index (Phi) is 2.95. The van der Waals surface area contributed by atoms with Crippen LogP contribution in [0.5, 0.6) is 17.2 Å². The Labute approximate surface area is 98.2 Å². The van der Waals surface area contributed by atoms with Crippen LogP contribution in [0.4, 0.5) is 5.69 Å². The van der Waals surface area contributed by atoms with E-state index >= 15 is 0 Å². The molecule has 6 heteroatoms. The Bertz CT molecular complexity index is 458. The first-order valence-corrected chi connectivity index (χ1v) is 5.03. The van der Waals surface area contributed by atoms with Crippen LogP contribution < -0.4 is 19.9 Å². The largest absolute Gasteiger partial charge is 0.493 e. The van der Waals surface area contributed by atoms with E-state index in [-0.39, 0.29) is 17.0 Å². The first kappa shape index (κ1) is 11.4. The molecule has 1 aromatic carbocycles. The number of methoxy groups -OCH3 is 2. The predicted molar refractivity (Wildman–Crippen MR) is 59.7 cm³/mol. The fourth-order valence-electron chi connectivity index (χ4n) is 1.66. The van der Waals surface area contributed by atoms with Crippen molar-refractivity contribution in [2.75, 3.05) is 33.2 Å². The van der Waals surface area contributed by atoms with Gasteiger partial charge in [0.1, 0.15) is 18.8 Å². The Morgan fingerprint density at radius 2 is 1.94 bits per heavy atom. The van der Waals surface area contributed by atoms with Gasteiger partial charge in [-0.25, -0.2) is 4.79 Å². The number of hydrogen-bond acceptors (Lipinski definition) is 6. The van der Waals surface area contributed by atoms with Gasteiger partial charge in [-0.05, 0) is 0 Å². The molecule has 0 saturated heterocycles. The molecule has 0 atom stereocenters. The molecule has 0 spiro atoms. The first-order valence-electron chi connectivity index (χ1n) is 5.03. The van der Waals surface area contributed by atoms with Gasteiger partial charge in [0.15, 0.2) is 11.5 Å². The summed E-state index contributed by atoms with van der Waals surface area (Å²) in [5.41, 5.74) is 6.18. The molecule has 1 heterocycles. The summed E-state index contributed by atoms with van der Waals surface area (Å²) in [6.07, 6.45) is 0. The number of esters is 1. The molecular weight excluding hydrogens is 226 g/mol. The van der Waals surface area contributed by atoms with Crippen molar-refractivity contribution < 1.29 is 23.7 Å². The maximum Gasteiger partial charge on any atom is 0.343 e. The Balaban J connectivity index is 2.63. The van der Waals surface area contributed by atoms with Crippen LogP contribution in [0.2, 0.25) is 0 Å². The first-order chi connectivity index (χ1) is 8.19. The second-order valence-corrected chi connectivity index (χ2v) is 3.39. The van der Waals surface area contributed by atoms with E-state index in [1.807, 2.05) is 0 Å². The number of nitrogen functional groups attached to an aromatic ring is 1. The van der Waals surface area contributed by atoms with Crippen LogP contribution in [-0.2, 0) is 4.74 Å². The van der Waals surface area contributed by atoms with E-state index in [4.69, 9.17) is 19.9 Å². The second kappa shape index (κ2) is 4.40. The second-order valence-electron chi connectivity index (χ2n) is 3.39. The average Bonchev–Trinajstić information content (AvgIpc) is 2.37. The lowest BCUT2D eigenvalue weighted by Gasteiger charge is -2.23. The quantitative estimate of drug-likeness (QED) is 0.608. The summed E-state index contributed by atoms with van der Waals surface area (Å²) in [6, 6.07) is 1.51. The maximum atomic E-state index is 11.6.